The summed E-state index contributed by atoms with van der Waals surface area (Å²) in [5, 5.41) is 2.83. The molecule has 0 radical (unpaired) electrons. The first-order valence-electron chi connectivity index (χ1n) is 10.9. The predicted octanol–water partition coefficient (Wildman–Crippen LogP) is 4.30. The predicted molar refractivity (Wildman–Crippen MR) is 120 cm³/mol. The zero-order valence-electron chi connectivity index (χ0n) is 17.1. The maximum absolute atomic E-state index is 12.8. The van der Waals surface area contributed by atoms with Gasteiger partial charge in [-0.25, -0.2) is 0 Å². The average molecular weight is 399 g/mol. The number of fused-ring (bicyclic) bond motifs is 2. The van der Waals surface area contributed by atoms with Crippen molar-refractivity contribution in [3.05, 3.63) is 76.6 Å². The highest BCUT2D eigenvalue weighted by molar-refractivity contribution is 5.81. The molecule has 4 aromatic rings. The number of nitrogens with one attached hydrogen (secondary N) is 1. The van der Waals surface area contributed by atoms with Crippen molar-refractivity contribution in [2.24, 2.45) is 5.41 Å². The fourth-order valence-electron chi connectivity index (χ4n) is 5.35. The van der Waals surface area contributed by atoms with E-state index in [-0.39, 0.29) is 5.56 Å². The molecule has 0 atom stereocenters. The van der Waals surface area contributed by atoms with Crippen molar-refractivity contribution in [2.45, 2.75) is 38.8 Å². The lowest BCUT2D eigenvalue weighted by Gasteiger charge is -2.38. The van der Waals surface area contributed by atoms with E-state index in [4.69, 9.17) is 0 Å². The Hall–Kier alpha value is -2.92. The lowest BCUT2D eigenvalue weighted by Crippen LogP contribution is -2.32. The molecular weight excluding hydrogens is 372 g/mol. The Labute approximate surface area is 175 Å². The third kappa shape index (κ3) is 3.05. The second kappa shape index (κ2) is 6.81. The van der Waals surface area contributed by atoms with Gasteiger partial charge in [-0.3, -0.25) is 14.7 Å². The summed E-state index contributed by atoms with van der Waals surface area (Å²) in [4.78, 5) is 23.1. The number of hydrogen-bond acceptors (Lipinski definition) is 3. The van der Waals surface area contributed by atoms with Crippen LogP contribution in [-0.2, 0) is 13.1 Å². The van der Waals surface area contributed by atoms with Crippen LogP contribution in [0.15, 0.2) is 59.8 Å². The van der Waals surface area contributed by atoms with E-state index in [2.05, 4.69) is 39.1 Å². The van der Waals surface area contributed by atoms with Crippen LogP contribution < -0.4 is 5.56 Å². The number of hydrogen-bond donors (Lipinski definition) is 1. The van der Waals surface area contributed by atoms with Gasteiger partial charge in [-0.05, 0) is 71.8 Å². The molecule has 0 unspecified atom stereocenters. The van der Waals surface area contributed by atoms with Crippen molar-refractivity contribution < 1.29 is 0 Å². The van der Waals surface area contributed by atoms with E-state index in [1.165, 1.54) is 49.9 Å². The van der Waals surface area contributed by atoms with Gasteiger partial charge in [0, 0.05) is 42.9 Å². The highest BCUT2D eigenvalue weighted by Gasteiger charge is 2.42. The third-order valence-corrected chi connectivity index (χ3v) is 7.20. The molecule has 2 aliphatic rings. The number of aromatic amines is 1. The first-order valence-corrected chi connectivity index (χ1v) is 10.9. The lowest BCUT2D eigenvalue weighted by molar-refractivity contribution is 0.137. The summed E-state index contributed by atoms with van der Waals surface area (Å²) < 4.78 is 1.76. The van der Waals surface area contributed by atoms with Gasteiger partial charge in [-0.2, -0.15) is 0 Å². The van der Waals surface area contributed by atoms with Gasteiger partial charge in [-0.15, -0.1) is 0 Å². The minimum Gasteiger partial charge on any atom is -0.357 e. The van der Waals surface area contributed by atoms with Crippen LogP contribution in [0.3, 0.4) is 0 Å². The highest BCUT2D eigenvalue weighted by atomic mass is 16.1. The monoisotopic (exact) mass is 398 g/mol. The number of nitrogens with zero attached hydrogens (tertiary/aromatic N) is 3. The normalized spacial score (nSPS) is 18.4. The molecule has 0 amide bonds. The smallest absolute Gasteiger partial charge is 0.260 e. The number of H-pyrrole nitrogens is 1. The van der Waals surface area contributed by atoms with Gasteiger partial charge in [0.25, 0.3) is 5.56 Å². The number of likely N-dealkylation sites (tertiary alicyclic amines) is 1. The van der Waals surface area contributed by atoms with Gasteiger partial charge < -0.3 is 9.55 Å². The maximum Gasteiger partial charge on any atom is 0.260 e. The van der Waals surface area contributed by atoms with E-state index in [1.807, 2.05) is 18.3 Å². The molecule has 4 heterocycles. The topological polar surface area (TPSA) is 53.9 Å². The Balaban J connectivity index is 1.23. The molecule has 1 aliphatic carbocycles. The fraction of sp³-hybridized carbons (Fsp3) is 0.360. The minimum atomic E-state index is 0.00632. The van der Waals surface area contributed by atoms with Gasteiger partial charge >= 0.3 is 0 Å². The van der Waals surface area contributed by atoms with Crippen LogP contribution in [0.25, 0.3) is 21.7 Å². The molecule has 30 heavy (non-hydrogen) atoms. The summed E-state index contributed by atoms with van der Waals surface area (Å²) in [5.74, 6) is 0. The van der Waals surface area contributed by atoms with Gasteiger partial charge in [0.05, 0.1) is 11.9 Å². The minimum absolute atomic E-state index is 0.00632. The molecule has 1 saturated heterocycles. The maximum atomic E-state index is 12.8. The molecule has 1 spiro atoms. The van der Waals surface area contributed by atoms with Crippen LogP contribution in [-0.4, -0.2) is 32.5 Å². The molecule has 6 rings (SSSR count). The Kier molecular flexibility index (Phi) is 4.06. The van der Waals surface area contributed by atoms with Crippen LogP contribution in [0, 0.1) is 5.41 Å². The van der Waals surface area contributed by atoms with Crippen molar-refractivity contribution in [1.82, 2.24) is 19.4 Å². The van der Waals surface area contributed by atoms with Crippen LogP contribution in [0.2, 0.25) is 0 Å². The van der Waals surface area contributed by atoms with Crippen LogP contribution >= 0.6 is 0 Å². The fourth-order valence-corrected chi connectivity index (χ4v) is 5.35. The number of benzene rings is 1. The van der Waals surface area contributed by atoms with E-state index in [9.17, 15) is 4.79 Å². The van der Waals surface area contributed by atoms with Gasteiger partial charge in [0.15, 0.2) is 0 Å². The van der Waals surface area contributed by atoms with Crippen molar-refractivity contribution in [2.75, 3.05) is 13.1 Å². The lowest BCUT2D eigenvalue weighted by atomic mass is 9.68. The molecule has 2 fully saturated rings. The van der Waals surface area contributed by atoms with Crippen molar-refractivity contribution in [3.8, 4) is 0 Å². The molecule has 3 aromatic heterocycles. The Morgan fingerprint density at radius 1 is 1.03 bits per heavy atom. The molecule has 1 N–H and O–H groups in total. The van der Waals surface area contributed by atoms with Crippen LogP contribution in [0.5, 0.6) is 0 Å². The first kappa shape index (κ1) is 17.9. The van der Waals surface area contributed by atoms with Crippen molar-refractivity contribution in [3.63, 3.8) is 0 Å². The van der Waals surface area contributed by atoms with Crippen LogP contribution in [0.4, 0.5) is 0 Å². The standard InChI is InChI=1S/C25H26N4O/c30-24-22-14-26-9-4-19(22)5-10-29(24)15-18-2-3-20-13-21(27-23(20)12-18)16-28-11-8-25(17-28)6-1-7-25/h2-5,9-10,12-14,27H,1,6-8,11,15-17H2. The molecule has 1 saturated carbocycles. The first-order chi connectivity index (χ1) is 14.7. The Morgan fingerprint density at radius 2 is 1.97 bits per heavy atom. The Bertz CT molecular complexity index is 1300. The van der Waals surface area contributed by atoms with Crippen LogP contribution in [0.1, 0.15) is 36.9 Å². The molecule has 152 valence electrons. The number of rotatable bonds is 4. The molecule has 1 aliphatic heterocycles. The summed E-state index contributed by atoms with van der Waals surface area (Å²) in [6.07, 6.45) is 10.9. The molecule has 5 heteroatoms. The SMILES string of the molecule is O=c1c2cnccc2ccn1Cc1ccc2cc(CN3CCC4(CCC4)C3)[nH]c2c1. The summed E-state index contributed by atoms with van der Waals surface area (Å²) in [5.41, 5.74) is 4.20. The van der Waals surface area contributed by atoms with E-state index in [1.54, 1.807) is 17.0 Å². The second-order valence-corrected chi connectivity index (χ2v) is 9.24. The van der Waals surface area contributed by atoms with E-state index in [0.29, 0.717) is 17.3 Å². The van der Waals surface area contributed by atoms with Gasteiger partial charge in [0.1, 0.15) is 0 Å². The average Bonchev–Trinajstić information content (AvgIpc) is 3.34. The summed E-state index contributed by atoms with van der Waals surface area (Å²) in [6.45, 7) is 4.04. The third-order valence-electron chi connectivity index (χ3n) is 7.20. The van der Waals surface area contributed by atoms with Gasteiger partial charge in [0.2, 0.25) is 0 Å². The number of pyridine rings is 2. The molecular formula is C25H26N4O. The van der Waals surface area contributed by atoms with E-state index < -0.39 is 0 Å². The van der Waals surface area contributed by atoms with Crippen molar-refractivity contribution >= 4 is 21.7 Å². The molecule has 1 aromatic carbocycles. The van der Waals surface area contributed by atoms with Crippen molar-refractivity contribution in [1.29, 1.82) is 0 Å². The zero-order valence-corrected chi connectivity index (χ0v) is 17.1. The number of aromatic nitrogens is 3. The summed E-state index contributed by atoms with van der Waals surface area (Å²) in [6, 6.07) is 12.6. The highest BCUT2D eigenvalue weighted by Crippen LogP contribution is 2.48. The summed E-state index contributed by atoms with van der Waals surface area (Å²) >= 11 is 0. The molecule has 0 bridgehead atoms. The quantitative estimate of drug-likeness (QED) is 0.558. The Morgan fingerprint density at radius 3 is 2.80 bits per heavy atom. The second-order valence-electron chi connectivity index (χ2n) is 9.24. The zero-order chi connectivity index (χ0) is 20.1. The molecule has 5 nitrogen and oxygen atoms in total. The largest absolute Gasteiger partial charge is 0.357 e. The summed E-state index contributed by atoms with van der Waals surface area (Å²) in [7, 11) is 0. The van der Waals surface area contributed by atoms with Gasteiger partial charge in [-0.1, -0.05) is 18.6 Å². The van der Waals surface area contributed by atoms with E-state index in [0.717, 1.165) is 23.0 Å². The van der Waals surface area contributed by atoms with E-state index >= 15 is 0 Å².